The van der Waals surface area contributed by atoms with Gasteiger partial charge in [-0.25, -0.2) is 13.1 Å². The molecule has 1 saturated carbocycles. The highest BCUT2D eigenvalue weighted by Gasteiger charge is 2.27. The Kier molecular flexibility index (Phi) is 6.97. The van der Waals surface area contributed by atoms with E-state index in [0.29, 0.717) is 10.8 Å². The molecule has 6 nitrogen and oxygen atoms in total. The molecule has 1 N–H and O–H groups in total. The van der Waals surface area contributed by atoms with Crippen LogP contribution in [0.4, 0.5) is 5.82 Å². The van der Waals surface area contributed by atoms with Crippen molar-refractivity contribution in [2.75, 3.05) is 37.6 Å². The van der Waals surface area contributed by atoms with Crippen LogP contribution in [0, 0.1) is 5.92 Å². The third-order valence-electron chi connectivity index (χ3n) is 7.11. The van der Waals surface area contributed by atoms with E-state index in [4.69, 9.17) is 4.37 Å². The van der Waals surface area contributed by atoms with Gasteiger partial charge < -0.3 is 4.90 Å². The van der Waals surface area contributed by atoms with E-state index in [1.807, 2.05) is 6.07 Å². The van der Waals surface area contributed by atoms with Crippen molar-refractivity contribution >= 4 is 37.5 Å². The molecular formula is C25H32N4O2S2. The van der Waals surface area contributed by atoms with Crippen LogP contribution in [-0.2, 0) is 10.0 Å². The number of rotatable bonds is 7. The van der Waals surface area contributed by atoms with E-state index in [2.05, 4.69) is 38.8 Å². The van der Waals surface area contributed by atoms with E-state index in [0.717, 1.165) is 64.2 Å². The summed E-state index contributed by atoms with van der Waals surface area (Å²) < 4.78 is 34.0. The monoisotopic (exact) mass is 484 g/mol. The molecule has 0 spiro atoms. The maximum atomic E-state index is 12.6. The van der Waals surface area contributed by atoms with Gasteiger partial charge in [0.1, 0.15) is 5.82 Å². The first-order chi connectivity index (χ1) is 16.1. The molecule has 33 heavy (non-hydrogen) atoms. The van der Waals surface area contributed by atoms with Crippen LogP contribution in [0.25, 0.3) is 10.1 Å². The number of anilines is 1. The lowest BCUT2D eigenvalue weighted by molar-refractivity contribution is 0.214. The molecule has 1 aliphatic carbocycles. The van der Waals surface area contributed by atoms with E-state index >= 15 is 0 Å². The summed E-state index contributed by atoms with van der Waals surface area (Å²) in [5, 5.41) is 1.27. The van der Waals surface area contributed by atoms with Gasteiger partial charge in [0.15, 0.2) is 0 Å². The van der Waals surface area contributed by atoms with Crippen molar-refractivity contribution in [1.29, 1.82) is 0 Å². The van der Waals surface area contributed by atoms with Gasteiger partial charge in [0, 0.05) is 37.6 Å². The second kappa shape index (κ2) is 10.1. The minimum absolute atomic E-state index is 0.0583. The second-order valence-corrected chi connectivity index (χ2v) is 11.8. The highest BCUT2D eigenvalue weighted by atomic mass is 32.2. The van der Waals surface area contributed by atoms with E-state index in [1.54, 1.807) is 35.8 Å². The Hall–Kier alpha value is -2.00. The molecule has 2 aliphatic rings. The maximum absolute atomic E-state index is 12.6. The number of aromatic nitrogens is 1. The molecule has 0 unspecified atom stereocenters. The zero-order valence-electron chi connectivity index (χ0n) is 18.9. The minimum atomic E-state index is -3.41. The number of fused-ring (bicyclic) bond motifs is 1. The molecule has 2 heterocycles. The normalized spacial score (nSPS) is 22.6. The SMILES string of the molecule is O=S(=O)(NC1CCC(CCN2CCN(c3nsc4ccccc34)CC2)CC1)c1ccccc1. The average molecular weight is 485 g/mol. The molecule has 1 aromatic heterocycles. The summed E-state index contributed by atoms with van der Waals surface area (Å²) in [6.45, 7) is 5.36. The first kappa shape index (κ1) is 22.8. The molecule has 2 aromatic carbocycles. The molecule has 0 bridgehead atoms. The molecule has 1 aliphatic heterocycles. The van der Waals surface area contributed by atoms with E-state index < -0.39 is 10.0 Å². The summed E-state index contributed by atoms with van der Waals surface area (Å²) >= 11 is 1.59. The van der Waals surface area contributed by atoms with Crippen LogP contribution in [0.2, 0.25) is 0 Å². The van der Waals surface area contributed by atoms with Gasteiger partial charge >= 0.3 is 0 Å². The summed E-state index contributed by atoms with van der Waals surface area (Å²) in [4.78, 5) is 5.37. The van der Waals surface area contributed by atoms with Gasteiger partial charge in [0.25, 0.3) is 0 Å². The van der Waals surface area contributed by atoms with Crippen molar-refractivity contribution in [3.63, 3.8) is 0 Å². The smallest absolute Gasteiger partial charge is 0.240 e. The van der Waals surface area contributed by atoms with Crippen LogP contribution in [-0.4, -0.2) is 56.5 Å². The van der Waals surface area contributed by atoms with Crippen LogP contribution in [0.1, 0.15) is 32.1 Å². The molecular weight excluding hydrogens is 452 g/mol. The van der Waals surface area contributed by atoms with Crippen molar-refractivity contribution in [3.8, 4) is 0 Å². The van der Waals surface area contributed by atoms with Crippen LogP contribution in [0.5, 0.6) is 0 Å². The number of benzene rings is 2. The highest BCUT2D eigenvalue weighted by Crippen LogP contribution is 2.31. The van der Waals surface area contributed by atoms with Crippen molar-refractivity contribution in [2.45, 2.75) is 43.0 Å². The van der Waals surface area contributed by atoms with Gasteiger partial charge in [-0.2, -0.15) is 4.37 Å². The van der Waals surface area contributed by atoms with E-state index in [9.17, 15) is 8.42 Å². The predicted octanol–water partition coefficient (Wildman–Crippen LogP) is 4.35. The van der Waals surface area contributed by atoms with Crippen molar-refractivity contribution in [3.05, 3.63) is 54.6 Å². The lowest BCUT2D eigenvalue weighted by atomic mass is 9.84. The van der Waals surface area contributed by atoms with Crippen LogP contribution < -0.4 is 9.62 Å². The fourth-order valence-corrected chi connectivity index (χ4v) is 7.23. The molecule has 8 heteroatoms. The van der Waals surface area contributed by atoms with Gasteiger partial charge in [0.2, 0.25) is 10.0 Å². The van der Waals surface area contributed by atoms with E-state index in [1.165, 1.54) is 16.5 Å². The second-order valence-electron chi connectivity index (χ2n) is 9.27. The lowest BCUT2D eigenvalue weighted by Crippen LogP contribution is -2.47. The first-order valence-corrected chi connectivity index (χ1v) is 14.2. The standard InChI is InChI=1S/C25H32N4O2S2/c30-33(31,22-6-2-1-3-7-22)27-21-12-10-20(11-13-21)14-15-28-16-18-29(19-17-28)25-23-8-4-5-9-24(23)32-26-25/h1-9,20-21,27H,10-19H2. The average Bonchev–Trinajstić information content (AvgIpc) is 3.29. The highest BCUT2D eigenvalue weighted by molar-refractivity contribution is 7.89. The molecule has 0 amide bonds. The molecule has 1 saturated heterocycles. The Balaban J connectivity index is 1.05. The Labute approximate surface area is 200 Å². The van der Waals surface area contributed by atoms with Gasteiger partial charge in [0.05, 0.1) is 9.60 Å². The predicted molar refractivity (Wildman–Crippen MR) is 135 cm³/mol. The number of hydrogen-bond acceptors (Lipinski definition) is 6. The zero-order valence-corrected chi connectivity index (χ0v) is 20.5. The Morgan fingerprint density at radius 2 is 1.61 bits per heavy atom. The lowest BCUT2D eigenvalue weighted by Gasteiger charge is -2.36. The summed E-state index contributed by atoms with van der Waals surface area (Å²) in [5.41, 5.74) is 0. The summed E-state index contributed by atoms with van der Waals surface area (Å²) in [5.74, 6) is 1.84. The van der Waals surface area contributed by atoms with Crippen molar-refractivity contribution in [2.24, 2.45) is 5.92 Å². The minimum Gasteiger partial charge on any atom is -0.353 e. The number of nitrogens with zero attached hydrogens (tertiary/aromatic N) is 3. The Bertz CT molecular complexity index is 1150. The van der Waals surface area contributed by atoms with Crippen LogP contribution >= 0.6 is 11.5 Å². The van der Waals surface area contributed by atoms with Gasteiger partial charge in [-0.3, -0.25) is 4.90 Å². The molecule has 3 aromatic rings. The number of piperazine rings is 1. The van der Waals surface area contributed by atoms with E-state index in [-0.39, 0.29) is 6.04 Å². The summed E-state index contributed by atoms with van der Waals surface area (Å²) in [6, 6.07) is 17.2. The van der Waals surface area contributed by atoms with Crippen molar-refractivity contribution < 1.29 is 8.42 Å². The summed E-state index contributed by atoms with van der Waals surface area (Å²) in [7, 11) is -3.41. The van der Waals surface area contributed by atoms with Gasteiger partial charge in [-0.15, -0.1) is 0 Å². The quantitative estimate of drug-likeness (QED) is 0.540. The van der Waals surface area contributed by atoms with Crippen molar-refractivity contribution in [1.82, 2.24) is 14.0 Å². The third-order valence-corrected chi connectivity index (χ3v) is 9.46. The maximum Gasteiger partial charge on any atom is 0.240 e. The largest absolute Gasteiger partial charge is 0.353 e. The van der Waals surface area contributed by atoms with Crippen LogP contribution in [0.15, 0.2) is 59.5 Å². The molecule has 5 rings (SSSR count). The Morgan fingerprint density at radius 1 is 0.909 bits per heavy atom. The molecule has 176 valence electrons. The summed E-state index contributed by atoms with van der Waals surface area (Å²) in [6.07, 6.45) is 5.28. The fraction of sp³-hybridized carbons (Fsp3) is 0.480. The topological polar surface area (TPSA) is 65.5 Å². The number of nitrogens with one attached hydrogen (secondary N) is 1. The first-order valence-electron chi connectivity index (χ1n) is 12.0. The van der Waals surface area contributed by atoms with Gasteiger partial charge in [-0.1, -0.05) is 30.3 Å². The number of hydrogen-bond donors (Lipinski definition) is 1. The number of sulfonamides is 1. The third kappa shape index (κ3) is 5.40. The Morgan fingerprint density at radius 3 is 2.36 bits per heavy atom. The van der Waals surface area contributed by atoms with Crippen LogP contribution in [0.3, 0.4) is 0 Å². The molecule has 2 fully saturated rings. The molecule has 0 radical (unpaired) electrons. The fourth-order valence-electron chi connectivity index (χ4n) is 5.11. The zero-order chi connectivity index (χ0) is 22.7. The van der Waals surface area contributed by atoms with Gasteiger partial charge in [-0.05, 0) is 80.4 Å². The molecule has 0 atom stereocenters.